The molecule has 2 aromatic rings. The molecule has 4 nitrogen and oxygen atoms in total. The first-order valence-corrected chi connectivity index (χ1v) is 4.26. The van der Waals surface area contributed by atoms with Gasteiger partial charge in [0.1, 0.15) is 5.82 Å². The maximum atomic E-state index is 4.11. The van der Waals surface area contributed by atoms with E-state index in [2.05, 4.69) is 28.2 Å². The Morgan fingerprint density at radius 3 is 2.50 bits per heavy atom. The van der Waals surface area contributed by atoms with E-state index < -0.39 is 0 Å². The summed E-state index contributed by atoms with van der Waals surface area (Å²) in [6.45, 7) is 7.93. The van der Waals surface area contributed by atoms with E-state index >= 15 is 0 Å². The highest BCUT2D eigenvalue weighted by atomic mass is 15.2. The van der Waals surface area contributed by atoms with Crippen LogP contribution in [0.3, 0.4) is 0 Å². The number of aromatic amines is 1. The molecule has 0 unspecified atom stereocenters. The zero-order chi connectivity index (χ0) is 10.6. The molecule has 0 saturated carbocycles. The summed E-state index contributed by atoms with van der Waals surface area (Å²) in [4.78, 5) is 7.25. The SMILES string of the molecule is C=C.Cc1ncc(-c2cnn(C)c2)[nH]1. The predicted octanol–water partition coefficient (Wildman–Crippen LogP) is 1.92. The van der Waals surface area contributed by atoms with E-state index in [0.29, 0.717) is 0 Å². The van der Waals surface area contributed by atoms with Crippen molar-refractivity contribution in [1.82, 2.24) is 19.7 Å². The van der Waals surface area contributed by atoms with Gasteiger partial charge in [0.25, 0.3) is 0 Å². The topological polar surface area (TPSA) is 46.5 Å². The standard InChI is InChI=1S/C8H10N4.C2H4/c1-6-9-4-8(11-6)7-3-10-12(2)5-7;1-2/h3-5H,1-2H3,(H,9,11);1-2H2. The molecule has 0 fully saturated rings. The Labute approximate surface area is 83.3 Å². The zero-order valence-electron chi connectivity index (χ0n) is 8.49. The smallest absolute Gasteiger partial charge is 0.103 e. The van der Waals surface area contributed by atoms with E-state index in [1.165, 1.54) is 0 Å². The molecular formula is C10H14N4. The quantitative estimate of drug-likeness (QED) is 0.698. The lowest BCUT2D eigenvalue weighted by molar-refractivity contribution is 0.768. The van der Waals surface area contributed by atoms with Crippen molar-refractivity contribution >= 4 is 0 Å². The van der Waals surface area contributed by atoms with Crippen LogP contribution in [-0.4, -0.2) is 19.7 Å². The summed E-state index contributed by atoms with van der Waals surface area (Å²) in [5.74, 6) is 0.925. The highest BCUT2D eigenvalue weighted by Crippen LogP contribution is 2.14. The second kappa shape index (κ2) is 4.41. The largest absolute Gasteiger partial charge is 0.342 e. The van der Waals surface area contributed by atoms with Gasteiger partial charge in [-0.25, -0.2) is 4.98 Å². The van der Waals surface area contributed by atoms with Gasteiger partial charge in [0.05, 0.1) is 18.1 Å². The van der Waals surface area contributed by atoms with Crippen molar-refractivity contribution in [3.63, 3.8) is 0 Å². The second-order valence-corrected chi connectivity index (χ2v) is 2.78. The molecule has 0 atom stereocenters. The van der Waals surface area contributed by atoms with Crippen LogP contribution in [0.2, 0.25) is 0 Å². The molecular weight excluding hydrogens is 176 g/mol. The van der Waals surface area contributed by atoms with Crippen molar-refractivity contribution in [3.8, 4) is 11.3 Å². The fraction of sp³-hybridized carbons (Fsp3) is 0.200. The Kier molecular flexibility index (Phi) is 3.23. The van der Waals surface area contributed by atoms with Crippen LogP contribution in [0.4, 0.5) is 0 Å². The van der Waals surface area contributed by atoms with Crippen LogP contribution in [0.25, 0.3) is 11.3 Å². The fourth-order valence-corrected chi connectivity index (χ4v) is 1.13. The summed E-state index contributed by atoms with van der Waals surface area (Å²) in [5.41, 5.74) is 2.08. The molecule has 0 radical (unpaired) electrons. The summed E-state index contributed by atoms with van der Waals surface area (Å²) >= 11 is 0. The van der Waals surface area contributed by atoms with Crippen LogP contribution < -0.4 is 0 Å². The van der Waals surface area contributed by atoms with E-state index in [9.17, 15) is 0 Å². The molecule has 74 valence electrons. The number of aromatic nitrogens is 4. The van der Waals surface area contributed by atoms with Crippen molar-refractivity contribution in [2.24, 2.45) is 7.05 Å². The van der Waals surface area contributed by atoms with Gasteiger partial charge in [0.2, 0.25) is 0 Å². The Morgan fingerprint density at radius 1 is 1.36 bits per heavy atom. The summed E-state index contributed by atoms with van der Waals surface area (Å²) in [6.07, 6.45) is 5.58. The first kappa shape index (κ1) is 10.2. The third kappa shape index (κ3) is 2.10. The average Bonchev–Trinajstić information content (AvgIpc) is 2.78. The minimum atomic E-state index is 0.925. The predicted molar refractivity (Wildman–Crippen MR) is 56.8 cm³/mol. The number of nitrogens with zero attached hydrogens (tertiary/aromatic N) is 3. The summed E-state index contributed by atoms with van der Waals surface area (Å²) in [6, 6.07) is 0. The lowest BCUT2D eigenvalue weighted by atomic mass is 10.3. The molecule has 0 aliphatic carbocycles. The highest BCUT2D eigenvalue weighted by molar-refractivity contribution is 5.55. The van der Waals surface area contributed by atoms with Gasteiger partial charge in [-0.3, -0.25) is 4.68 Å². The minimum Gasteiger partial charge on any atom is -0.342 e. The summed E-state index contributed by atoms with van der Waals surface area (Å²) < 4.78 is 1.77. The Hall–Kier alpha value is -1.84. The normalized spacial score (nSPS) is 9.29. The molecule has 4 heteroatoms. The Morgan fingerprint density at radius 2 is 2.07 bits per heavy atom. The number of H-pyrrole nitrogens is 1. The second-order valence-electron chi connectivity index (χ2n) is 2.78. The van der Waals surface area contributed by atoms with E-state index in [1.807, 2.05) is 32.6 Å². The lowest BCUT2D eigenvalue weighted by Gasteiger charge is -1.87. The van der Waals surface area contributed by atoms with Crippen LogP contribution in [0.15, 0.2) is 31.7 Å². The molecule has 2 rings (SSSR count). The minimum absolute atomic E-state index is 0.925. The number of hydrogen-bond acceptors (Lipinski definition) is 2. The zero-order valence-corrected chi connectivity index (χ0v) is 8.49. The van der Waals surface area contributed by atoms with Crippen molar-refractivity contribution in [2.75, 3.05) is 0 Å². The van der Waals surface area contributed by atoms with Crippen LogP contribution in [0.5, 0.6) is 0 Å². The van der Waals surface area contributed by atoms with E-state index in [4.69, 9.17) is 0 Å². The van der Waals surface area contributed by atoms with Crippen molar-refractivity contribution in [1.29, 1.82) is 0 Å². The summed E-state index contributed by atoms with van der Waals surface area (Å²) in [5, 5.41) is 4.07. The molecule has 0 amide bonds. The molecule has 0 bridgehead atoms. The molecule has 0 saturated heterocycles. The molecule has 14 heavy (non-hydrogen) atoms. The number of nitrogens with one attached hydrogen (secondary N) is 1. The van der Waals surface area contributed by atoms with E-state index in [0.717, 1.165) is 17.1 Å². The highest BCUT2D eigenvalue weighted by Gasteiger charge is 2.01. The van der Waals surface area contributed by atoms with Gasteiger partial charge >= 0.3 is 0 Å². The average molecular weight is 190 g/mol. The van der Waals surface area contributed by atoms with E-state index in [1.54, 1.807) is 4.68 Å². The maximum absolute atomic E-state index is 4.11. The first-order valence-electron chi connectivity index (χ1n) is 4.26. The van der Waals surface area contributed by atoms with Crippen molar-refractivity contribution in [2.45, 2.75) is 6.92 Å². The van der Waals surface area contributed by atoms with Crippen molar-refractivity contribution in [3.05, 3.63) is 37.6 Å². The first-order chi connectivity index (χ1) is 6.75. The van der Waals surface area contributed by atoms with Gasteiger partial charge in [0, 0.05) is 18.8 Å². The summed E-state index contributed by atoms with van der Waals surface area (Å²) in [7, 11) is 1.90. The number of rotatable bonds is 1. The Bertz CT molecular complexity index is 361. The van der Waals surface area contributed by atoms with Gasteiger partial charge in [-0.2, -0.15) is 5.10 Å². The van der Waals surface area contributed by atoms with Gasteiger partial charge in [-0.1, -0.05) is 0 Å². The fourth-order valence-electron chi connectivity index (χ4n) is 1.13. The molecule has 0 aliphatic rings. The van der Waals surface area contributed by atoms with Crippen molar-refractivity contribution < 1.29 is 0 Å². The third-order valence-corrected chi connectivity index (χ3v) is 1.72. The lowest BCUT2D eigenvalue weighted by Crippen LogP contribution is -1.84. The van der Waals surface area contributed by atoms with Crippen LogP contribution >= 0.6 is 0 Å². The van der Waals surface area contributed by atoms with Crippen LogP contribution in [0.1, 0.15) is 5.82 Å². The maximum Gasteiger partial charge on any atom is 0.103 e. The molecule has 0 spiro atoms. The number of aryl methyl sites for hydroxylation is 2. The van der Waals surface area contributed by atoms with Crippen LogP contribution in [0, 0.1) is 6.92 Å². The van der Waals surface area contributed by atoms with Gasteiger partial charge < -0.3 is 4.98 Å². The molecule has 2 heterocycles. The third-order valence-electron chi connectivity index (χ3n) is 1.72. The van der Waals surface area contributed by atoms with Gasteiger partial charge in [-0.05, 0) is 6.92 Å². The number of hydrogen-bond donors (Lipinski definition) is 1. The number of imidazole rings is 1. The molecule has 2 aromatic heterocycles. The molecule has 0 aromatic carbocycles. The Balaban J connectivity index is 0.000000461. The monoisotopic (exact) mass is 190 g/mol. The van der Waals surface area contributed by atoms with Crippen LogP contribution in [-0.2, 0) is 7.05 Å². The molecule has 1 N–H and O–H groups in total. The van der Waals surface area contributed by atoms with Gasteiger partial charge in [-0.15, -0.1) is 13.2 Å². The van der Waals surface area contributed by atoms with Gasteiger partial charge in [0.15, 0.2) is 0 Å². The van der Waals surface area contributed by atoms with E-state index in [-0.39, 0.29) is 0 Å². The molecule has 0 aliphatic heterocycles.